The molecule has 0 aliphatic heterocycles. The van der Waals surface area contributed by atoms with Crippen LogP contribution in [0.4, 0.5) is 4.39 Å². The van der Waals surface area contributed by atoms with Crippen molar-refractivity contribution >= 4 is 17.4 Å². The molecule has 21 heavy (non-hydrogen) atoms. The van der Waals surface area contributed by atoms with Crippen molar-refractivity contribution in [1.82, 2.24) is 4.57 Å². The van der Waals surface area contributed by atoms with Gasteiger partial charge >= 0.3 is 0 Å². The predicted octanol–water partition coefficient (Wildman–Crippen LogP) is 3.21. The van der Waals surface area contributed by atoms with E-state index in [9.17, 15) is 14.0 Å². The Bertz CT molecular complexity index is 782. The molecule has 0 unspecified atom stereocenters. The van der Waals surface area contributed by atoms with Gasteiger partial charge in [0.05, 0.1) is 6.54 Å². The molecule has 2 aromatic rings. The van der Waals surface area contributed by atoms with Crippen molar-refractivity contribution in [1.29, 1.82) is 0 Å². The number of pyridine rings is 1. The third-order valence-corrected chi connectivity index (χ3v) is 3.98. The van der Waals surface area contributed by atoms with Gasteiger partial charge in [-0.05, 0) is 37.1 Å². The lowest BCUT2D eigenvalue weighted by atomic mass is 9.94. The number of carbonyl (C=O) groups is 1. The number of halogens is 2. The number of rotatable bonds is 2. The van der Waals surface area contributed by atoms with Gasteiger partial charge in [-0.1, -0.05) is 11.6 Å². The molecule has 0 amide bonds. The molecule has 108 valence electrons. The third-order valence-electron chi connectivity index (χ3n) is 3.75. The first-order chi connectivity index (χ1) is 10.1. The smallest absolute Gasteiger partial charge is 0.251 e. The maximum atomic E-state index is 13.9. The largest absolute Gasteiger partial charge is 0.307 e. The van der Waals surface area contributed by atoms with Gasteiger partial charge in [-0.25, -0.2) is 4.39 Å². The molecular weight excluding hydrogens is 293 g/mol. The van der Waals surface area contributed by atoms with Crippen LogP contribution in [-0.2, 0) is 13.0 Å². The maximum Gasteiger partial charge on any atom is 0.251 e. The van der Waals surface area contributed by atoms with E-state index in [0.29, 0.717) is 41.1 Å². The molecule has 0 saturated heterocycles. The number of aromatic nitrogens is 1. The first-order valence-corrected chi connectivity index (χ1v) is 7.14. The second kappa shape index (κ2) is 5.45. The fourth-order valence-corrected chi connectivity index (χ4v) is 2.90. The van der Waals surface area contributed by atoms with Crippen LogP contribution >= 0.6 is 11.6 Å². The molecule has 1 aromatic carbocycles. The highest BCUT2D eigenvalue weighted by atomic mass is 35.5. The molecule has 0 bridgehead atoms. The Hall–Kier alpha value is -1.94. The first kappa shape index (κ1) is 14.0. The van der Waals surface area contributed by atoms with Crippen LogP contribution in [0.1, 0.15) is 34.5 Å². The van der Waals surface area contributed by atoms with Crippen molar-refractivity contribution in [3.8, 4) is 0 Å². The van der Waals surface area contributed by atoms with Crippen molar-refractivity contribution in [3.63, 3.8) is 0 Å². The topological polar surface area (TPSA) is 39.1 Å². The molecule has 0 N–H and O–H groups in total. The normalized spacial score (nSPS) is 14.1. The highest BCUT2D eigenvalue weighted by Crippen LogP contribution is 2.22. The van der Waals surface area contributed by atoms with Gasteiger partial charge in [-0.2, -0.15) is 0 Å². The lowest BCUT2D eigenvalue weighted by Crippen LogP contribution is -2.28. The Morgan fingerprint density at radius 3 is 2.76 bits per heavy atom. The summed E-state index contributed by atoms with van der Waals surface area (Å²) < 4.78 is 15.3. The minimum Gasteiger partial charge on any atom is -0.307 e. The number of hydrogen-bond acceptors (Lipinski definition) is 2. The van der Waals surface area contributed by atoms with Crippen molar-refractivity contribution in [2.45, 2.75) is 25.8 Å². The van der Waals surface area contributed by atoms with Crippen molar-refractivity contribution in [2.24, 2.45) is 0 Å². The van der Waals surface area contributed by atoms with E-state index in [0.717, 1.165) is 0 Å². The molecule has 1 aliphatic rings. The zero-order chi connectivity index (χ0) is 15.0. The molecule has 0 spiro atoms. The summed E-state index contributed by atoms with van der Waals surface area (Å²) in [5.41, 5.74) is 1.38. The number of carbonyl (C=O) groups excluding carboxylic acids is 1. The SMILES string of the molecule is O=C1CCCc2c1ccc(=O)n2Cc1cc(Cl)ccc1F. The Morgan fingerprint density at radius 1 is 1.14 bits per heavy atom. The maximum absolute atomic E-state index is 13.9. The molecule has 3 nitrogen and oxygen atoms in total. The van der Waals surface area contributed by atoms with E-state index >= 15 is 0 Å². The Balaban J connectivity index is 2.10. The van der Waals surface area contributed by atoms with Crippen LogP contribution in [0.2, 0.25) is 5.02 Å². The van der Waals surface area contributed by atoms with Crippen LogP contribution < -0.4 is 5.56 Å². The van der Waals surface area contributed by atoms with Gasteiger partial charge in [0.1, 0.15) is 5.82 Å². The third kappa shape index (κ3) is 2.63. The zero-order valence-electron chi connectivity index (χ0n) is 11.2. The predicted molar refractivity (Wildman–Crippen MR) is 78.5 cm³/mol. The lowest BCUT2D eigenvalue weighted by molar-refractivity contribution is 0.0970. The second-order valence-corrected chi connectivity index (χ2v) is 5.57. The molecular formula is C16H13ClFNO2. The first-order valence-electron chi connectivity index (χ1n) is 6.76. The summed E-state index contributed by atoms with van der Waals surface area (Å²) in [6, 6.07) is 7.19. The number of Topliss-reactive ketones (excluding diaryl/α,β-unsaturated/α-hetero) is 1. The quantitative estimate of drug-likeness (QED) is 0.854. The van der Waals surface area contributed by atoms with E-state index in [1.807, 2.05) is 0 Å². The van der Waals surface area contributed by atoms with E-state index in [-0.39, 0.29) is 17.9 Å². The summed E-state index contributed by atoms with van der Waals surface area (Å²) in [5.74, 6) is -0.373. The average Bonchev–Trinajstić information content (AvgIpc) is 2.46. The van der Waals surface area contributed by atoms with E-state index < -0.39 is 5.82 Å². The molecule has 1 heterocycles. The van der Waals surface area contributed by atoms with Gasteiger partial charge in [0.25, 0.3) is 5.56 Å². The van der Waals surface area contributed by atoms with Crippen LogP contribution in [0.15, 0.2) is 35.1 Å². The van der Waals surface area contributed by atoms with E-state index in [1.165, 1.54) is 28.8 Å². The zero-order valence-corrected chi connectivity index (χ0v) is 12.0. The van der Waals surface area contributed by atoms with Crippen LogP contribution in [0.25, 0.3) is 0 Å². The van der Waals surface area contributed by atoms with Crippen molar-refractivity contribution in [2.75, 3.05) is 0 Å². The summed E-state index contributed by atoms with van der Waals surface area (Å²) in [6.07, 6.45) is 1.86. The van der Waals surface area contributed by atoms with E-state index in [2.05, 4.69) is 0 Å². The second-order valence-electron chi connectivity index (χ2n) is 5.13. The van der Waals surface area contributed by atoms with Gasteiger partial charge in [-0.3, -0.25) is 9.59 Å². The van der Waals surface area contributed by atoms with Gasteiger partial charge < -0.3 is 4.57 Å². The van der Waals surface area contributed by atoms with Gasteiger partial charge in [0.15, 0.2) is 5.78 Å². The van der Waals surface area contributed by atoms with Crippen molar-refractivity contribution in [3.05, 3.63) is 68.3 Å². The molecule has 1 aliphatic carbocycles. The molecule has 0 radical (unpaired) electrons. The molecule has 1 aromatic heterocycles. The van der Waals surface area contributed by atoms with Gasteiger partial charge in [0, 0.05) is 34.3 Å². The number of ketones is 1. The summed E-state index contributed by atoms with van der Waals surface area (Å²) >= 11 is 5.88. The number of hydrogen-bond donors (Lipinski definition) is 0. The lowest BCUT2D eigenvalue weighted by Gasteiger charge is -2.20. The fourth-order valence-electron chi connectivity index (χ4n) is 2.70. The molecule has 3 rings (SSSR count). The summed E-state index contributed by atoms with van der Waals surface area (Å²) in [6.45, 7) is 0.0850. The summed E-state index contributed by atoms with van der Waals surface area (Å²) in [7, 11) is 0. The van der Waals surface area contributed by atoms with E-state index in [4.69, 9.17) is 11.6 Å². The monoisotopic (exact) mass is 305 g/mol. The summed E-state index contributed by atoms with van der Waals surface area (Å²) in [5, 5.41) is 0.417. The van der Waals surface area contributed by atoms with Crippen molar-refractivity contribution < 1.29 is 9.18 Å². The van der Waals surface area contributed by atoms with Gasteiger partial charge in [-0.15, -0.1) is 0 Å². The fraction of sp³-hybridized carbons (Fsp3) is 0.250. The molecule has 0 atom stereocenters. The minimum absolute atomic E-state index is 0.0385. The van der Waals surface area contributed by atoms with Crippen LogP contribution in [0.3, 0.4) is 0 Å². The van der Waals surface area contributed by atoms with Crippen LogP contribution in [0, 0.1) is 5.82 Å². The molecule has 0 saturated carbocycles. The minimum atomic E-state index is -0.411. The van der Waals surface area contributed by atoms with Gasteiger partial charge in [0.2, 0.25) is 0 Å². The summed E-state index contributed by atoms with van der Waals surface area (Å²) in [4.78, 5) is 24.0. The standard InChI is InChI=1S/C16H13ClFNO2/c17-11-4-6-13(18)10(8-11)9-19-14-2-1-3-15(20)12(14)5-7-16(19)21/h4-8H,1-3,9H2. The van der Waals surface area contributed by atoms with Crippen LogP contribution in [0.5, 0.6) is 0 Å². The average molecular weight is 306 g/mol. The number of nitrogens with zero attached hydrogens (tertiary/aromatic N) is 1. The number of fused-ring (bicyclic) bond motifs is 1. The highest BCUT2D eigenvalue weighted by molar-refractivity contribution is 6.30. The Kier molecular flexibility index (Phi) is 3.64. The number of benzene rings is 1. The van der Waals surface area contributed by atoms with Crippen LogP contribution in [-0.4, -0.2) is 10.4 Å². The Labute approximate surface area is 126 Å². The highest BCUT2D eigenvalue weighted by Gasteiger charge is 2.21. The Morgan fingerprint density at radius 2 is 1.95 bits per heavy atom. The molecule has 5 heteroatoms. The molecule has 0 fully saturated rings. The van der Waals surface area contributed by atoms with E-state index in [1.54, 1.807) is 6.07 Å².